The van der Waals surface area contributed by atoms with Crippen LogP contribution in [-0.4, -0.2) is 55.7 Å². The lowest BCUT2D eigenvalue weighted by molar-refractivity contribution is -0.123. The number of amides is 1. The summed E-state index contributed by atoms with van der Waals surface area (Å²) in [5.41, 5.74) is 1.15. The van der Waals surface area contributed by atoms with E-state index < -0.39 is 0 Å². The number of ether oxygens (including phenoxy) is 1. The average molecular weight is 303 g/mol. The molecule has 2 aliphatic rings. The Bertz CT molecular complexity index is 474. The van der Waals surface area contributed by atoms with Gasteiger partial charge >= 0.3 is 0 Å². The topological polar surface area (TPSA) is 53.6 Å². The maximum Gasteiger partial charge on any atom is 0.234 e. The Morgan fingerprint density at radius 3 is 2.68 bits per heavy atom. The minimum Gasteiger partial charge on any atom is -0.381 e. The third-order valence-corrected chi connectivity index (χ3v) is 4.37. The van der Waals surface area contributed by atoms with Gasteiger partial charge in [0.05, 0.1) is 6.54 Å². The molecule has 2 saturated heterocycles. The van der Waals surface area contributed by atoms with Crippen LogP contribution in [0.5, 0.6) is 0 Å². The Hall–Kier alpha value is -1.59. The summed E-state index contributed by atoms with van der Waals surface area (Å²) in [5.74, 6) is 0.146. The molecule has 120 valence electrons. The molecule has 0 unspecified atom stereocenters. The lowest BCUT2D eigenvalue weighted by atomic mass is 10.1. The molecule has 5 nitrogen and oxygen atoms in total. The van der Waals surface area contributed by atoms with Gasteiger partial charge in [0.2, 0.25) is 5.91 Å². The Morgan fingerprint density at radius 1 is 1.14 bits per heavy atom. The number of carbonyl (C=O) groups excluding carboxylic acids is 1. The van der Waals surface area contributed by atoms with Crippen molar-refractivity contribution in [2.45, 2.75) is 31.3 Å². The van der Waals surface area contributed by atoms with Gasteiger partial charge in [0.15, 0.2) is 0 Å². The Balaban J connectivity index is 1.39. The molecule has 1 atom stereocenters. The van der Waals surface area contributed by atoms with E-state index in [1.165, 1.54) is 0 Å². The number of benzene rings is 1. The van der Waals surface area contributed by atoms with E-state index in [4.69, 9.17) is 4.74 Å². The fraction of sp³-hybridized carbons (Fsp3) is 0.588. The van der Waals surface area contributed by atoms with E-state index in [2.05, 4.69) is 27.7 Å². The monoisotopic (exact) mass is 303 g/mol. The zero-order chi connectivity index (χ0) is 15.2. The second-order valence-corrected chi connectivity index (χ2v) is 6.19. The third kappa shape index (κ3) is 4.45. The molecule has 1 aromatic rings. The summed E-state index contributed by atoms with van der Waals surface area (Å²) in [7, 11) is 0. The predicted molar refractivity (Wildman–Crippen MR) is 86.9 cm³/mol. The third-order valence-electron chi connectivity index (χ3n) is 4.37. The van der Waals surface area contributed by atoms with Crippen molar-refractivity contribution in [2.75, 3.05) is 38.2 Å². The molecular weight excluding hydrogens is 278 g/mol. The van der Waals surface area contributed by atoms with Gasteiger partial charge in [0.1, 0.15) is 0 Å². The van der Waals surface area contributed by atoms with Crippen LogP contribution in [0, 0.1) is 0 Å². The molecule has 3 rings (SSSR count). The number of likely N-dealkylation sites (tertiary alicyclic amines) is 1. The molecule has 22 heavy (non-hydrogen) atoms. The minimum absolute atomic E-state index is 0.146. The van der Waals surface area contributed by atoms with Gasteiger partial charge in [0, 0.05) is 44.1 Å². The minimum atomic E-state index is 0.146. The van der Waals surface area contributed by atoms with Crippen LogP contribution in [-0.2, 0) is 9.53 Å². The molecule has 1 amide bonds. The Morgan fingerprint density at radius 2 is 1.91 bits per heavy atom. The molecule has 0 saturated carbocycles. The van der Waals surface area contributed by atoms with Gasteiger partial charge in [-0.15, -0.1) is 0 Å². The molecule has 0 aromatic heterocycles. The van der Waals surface area contributed by atoms with Crippen molar-refractivity contribution in [3.63, 3.8) is 0 Å². The highest BCUT2D eigenvalue weighted by molar-refractivity contribution is 5.78. The SMILES string of the molecule is O=C(CN1CC[C@H](Nc2ccccc2)C1)NC1CCOCC1. The van der Waals surface area contributed by atoms with Gasteiger partial charge in [0.25, 0.3) is 0 Å². The lowest BCUT2D eigenvalue weighted by Gasteiger charge is -2.24. The van der Waals surface area contributed by atoms with Crippen molar-refractivity contribution in [1.29, 1.82) is 0 Å². The summed E-state index contributed by atoms with van der Waals surface area (Å²) < 4.78 is 5.32. The first kappa shape index (κ1) is 15.3. The van der Waals surface area contributed by atoms with E-state index >= 15 is 0 Å². The maximum absolute atomic E-state index is 12.1. The highest BCUT2D eigenvalue weighted by atomic mass is 16.5. The first-order valence-corrected chi connectivity index (χ1v) is 8.20. The second-order valence-electron chi connectivity index (χ2n) is 6.19. The van der Waals surface area contributed by atoms with E-state index in [1.54, 1.807) is 0 Å². The summed E-state index contributed by atoms with van der Waals surface area (Å²) in [5, 5.41) is 6.66. The van der Waals surface area contributed by atoms with Crippen molar-refractivity contribution in [3.8, 4) is 0 Å². The van der Waals surface area contributed by atoms with Crippen molar-refractivity contribution in [1.82, 2.24) is 10.2 Å². The van der Waals surface area contributed by atoms with Crippen molar-refractivity contribution >= 4 is 11.6 Å². The predicted octanol–water partition coefficient (Wildman–Crippen LogP) is 1.47. The summed E-state index contributed by atoms with van der Waals surface area (Å²) in [6, 6.07) is 11.0. The fourth-order valence-corrected chi connectivity index (χ4v) is 3.18. The first-order valence-electron chi connectivity index (χ1n) is 8.20. The molecule has 1 aromatic carbocycles. The second kappa shape index (κ2) is 7.61. The fourth-order valence-electron chi connectivity index (χ4n) is 3.18. The van der Waals surface area contributed by atoms with E-state index in [0.29, 0.717) is 18.6 Å². The number of hydrogen-bond donors (Lipinski definition) is 2. The zero-order valence-electron chi connectivity index (χ0n) is 13.0. The quantitative estimate of drug-likeness (QED) is 0.865. The van der Waals surface area contributed by atoms with Crippen LogP contribution >= 0.6 is 0 Å². The van der Waals surface area contributed by atoms with Crippen LogP contribution in [0.3, 0.4) is 0 Å². The number of carbonyl (C=O) groups is 1. The summed E-state index contributed by atoms with van der Waals surface area (Å²) in [4.78, 5) is 14.3. The summed E-state index contributed by atoms with van der Waals surface area (Å²) in [6.07, 6.45) is 2.95. The highest BCUT2D eigenvalue weighted by Crippen LogP contribution is 2.15. The first-order chi connectivity index (χ1) is 10.8. The lowest BCUT2D eigenvalue weighted by Crippen LogP contribution is -2.44. The molecule has 0 radical (unpaired) electrons. The van der Waals surface area contributed by atoms with Crippen LogP contribution < -0.4 is 10.6 Å². The van der Waals surface area contributed by atoms with Gasteiger partial charge in [-0.2, -0.15) is 0 Å². The largest absolute Gasteiger partial charge is 0.381 e. The maximum atomic E-state index is 12.1. The highest BCUT2D eigenvalue weighted by Gasteiger charge is 2.25. The molecule has 0 spiro atoms. The number of nitrogens with zero attached hydrogens (tertiary/aromatic N) is 1. The number of hydrogen-bond acceptors (Lipinski definition) is 4. The van der Waals surface area contributed by atoms with Crippen LogP contribution in [0.25, 0.3) is 0 Å². The Kier molecular flexibility index (Phi) is 5.29. The molecule has 2 heterocycles. The van der Waals surface area contributed by atoms with Gasteiger partial charge in [-0.05, 0) is 31.4 Å². The summed E-state index contributed by atoms with van der Waals surface area (Å²) in [6.45, 7) is 3.93. The zero-order valence-corrected chi connectivity index (χ0v) is 13.0. The number of anilines is 1. The van der Waals surface area contributed by atoms with E-state index in [-0.39, 0.29) is 5.91 Å². The standard InChI is InChI=1S/C17H25N3O2/c21-17(19-15-7-10-22-11-8-15)13-20-9-6-16(12-20)18-14-4-2-1-3-5-14/h1-5,15-16,18H,6-13H2,(H,19,21)/t16-/m0/s1. The van der Waals surface area contributed by atoms with Crippen LogP contribution in [0.15, 0.2) is 30.3 Å². The normalized spacial score (nSPS) is 23.4. The number of nitrogens with one attached hydrogen (secondary N) is 2. The average Bonchev–Trinajstić information content (AvgIpc) is 2.96. The molecule has 5 heteroatoms. The number of rotatable bonds is 5. The van der Waals surface area contributed by atoms with Crippen molar-refractivity contribution in [2.24, 2.45) is 0 Å². The molecule has 0 bridgehead atoms. The van der Waals surface area contributed by atoms with E-state index in [1.807, 2.05) is 18.2 Å². The van der Waals surface area contributed by atoms with Gasteiger partial charge in [-0.1, -0.05) is 18.2 Å². The van der Waals surface area contributed by atoms with Gasteiger partial charge < -0.3 is 15.4 Å². The van der Waals surface area contributed by atoms with Crippen LogP contribution in [0.4, 0.5) is 5.69 Å². The van der Waals surface area contributed by atoms with Crippen molar-refractivity contribution in [3.05, 3.63) is 30.3 Å². The smallest absolute Gasteiger partial charge is 0.234 e. The van der Waals surface area contributed by atoms with Gasteiger partial charge in [-0.25, -0.2) is 0 Å². The summed E-state index contributed by atoms with van der Waals surface area (Å²) >= 11 is 0. The molecular formula is C17H25N3O2. The van der Waals surface area contributed by atoms with Crippen molar-refractivity contribution < 1.29 is 9.53 Å². The molecule has 2 N–H and O–H groups in total. The van der Waals surface area contributed by atoms with Crippen LogP contribution in [0.1, 0.15) is 19.3 Å². The van der Waals surface area contributed by atoms with E-state index in [9.17, 15) is 4.79 Å². The van der Waals surface area contributed by atoms with Gasteiger partial charge in [-0.3, -0.25) is 9.69 Å². The van der Waals surface area contributed by atoms with E-state index in [0.717, 1.165) is 51.3 Å². The Labute approximate surface area is 132 Å². The number of para-hydroxylation sites is 1. The molecule has 2 aliphatic heterocycles. The van der Waals surface area contributed by atoms with Crippen LogP contribution in [0.2, 0.25) is 0 Å². The molecule has 2 fully saturated rings. The molecule has 0 aliphatic carbocycles.